The maximum Gasteiger partial charge on any atom is 1.00 e. The van der Waals surface area contributed by atoms with Crippen molar-refractivity contribution in [2.24, 2.45) is 0 Å². The molecule has 9 heteroatoms. The maximum absolute atomic E-state index is 13.3. The topological polar surface area (TPSA) is 88.5 Å². The van der Waals surface area contributed by atoms with Crippen LogP contribution < -0.4 is 24.2 Å². The second kappa shape index (κ2) is 15.8. The standard InChI is InChI=1S/C31H32N2O4S2.Li.H/c1-21-8-6-7-11-24(21)26-16-23(12-13-25(26)30(34)33-27(31(35)36)14-15-38-2)19-37-28(29-18-32-20-39-29)17-22-9-4-3-5-10-22;;/h3-13,16,18,20,27-28H,14-15,17,19H2,1-2H3,(H,33,34)(H,35,36);;/q;+1;-1. The summed E-state index contributed by atoms with van der Waals surface area (Å²) in [4.78, 5) is 30.4. The van der Waals surface area contributed by atoms with E-state index in [1.807, 2.05) is 79.5 Å². The Morgan fingerprint density at radius 2 is 1.80 bits per heavy atom. The fourth-order valence-electron chi connectivity index (χ4n) is 4.36. The number of carboxylic acid groups (broad SMARTS) is 1. The Balaban J connectivity index is 0.00000294. The first-order valence-corrected chi connectivity index (χ1v) is 15.0. The van der Waals surface area contributed by atoms with Crippen molar-refractivity contribution in [3.8, 4) is 11.1 Å². The van der Waals surface area contributed by atoms with Gasteiger partial charge < -0.3 is 16.6 Å². The van der Waals surface area contributed by atoms with E-state index in [2.05, 4.69) is 22.4 Å². The van der Waals surface area contributed by atoms with Gasteiger partial charge in [-0.25, -0.2) is 4.79 Å². The number of carbonyl (C=O) groups excluding carboxylic acids is 1. The summed E-state index contributed by atoms with van der Waals surface area (Å²) in [7, 11) is 0. The number of thioether (sulfide) groups is 1. The van der Waals surface area contributed by atoms with Gasteiger partial charge in [0.05, 0.1) is 23.1 Å². The molecule has 0 radical (unpaired) electrons. The van der Waals surface area contributed by atoms with Crippen molar-refractivity contribution >= 4 is 35.0 Å². The minimum absolute atomic E-state index is 0. The molecule has 4 rings (SSSR count). The number of hydrogen-bond donors (Lipinski definition) is 2. The summed E-state index contributed by atoms with van der Waals surface area (Å²) in [5, 5.41) is 12.4. The molecule has 4 aromatic rings. The van der Waals surface area contributed by atoms with E-state index in [4.69, 9.17) is 4.74 Å². The molecule has 204 valence electrons. The second-order valence-corrected chi connectivity index (χ2v) is 11.1. The summed E-state index contributed by atoms with van der Waals surface area (Å²) in [6.45, 7) is 2.35. The third-order valence-corrected chi connectivity index (χ3v) is 7.97. The van der Waals surface area contributed by atoms with E-state index in [-0.39, 0.29) is 26.4 Å². The quantitative estimate of drug-likeness (QED) is 0.239. The maximum atomic E-state index is 13.3. The molecule has 40 heavy (non-hydrogen) atoms. The van der Waals surface area contributed by atoms with Gasteiger partial charge in [-0.2, -0.15) is 11.8 Å². The smallest absolute Gasteiger partial charge is 1.00 e. The Hall–Kier alpha value is -2.86. The molecular formula is C31H33LiN2O4S2. The van der Waals surface area contributed by atoms with Crippen molar-refractivity contribution in [1.29, 1.82) is 0 Å². The molecule has 0 aliphatic heterocycles. The number of amides is 1. The van der Waals surface area contributed by atoms with Crippen molar-refractivity contribution in [3.63, 3.8) is 0 Å². The van der Waals surface area contributed by atoms with Crippen LogP contribution in [0.5, 0.6) is 0 Å². The fraction of sp³-hybridized carbons (Fsp3) is 0.258. The molecule has 0 aliphatic rings. The van der Waals surface area contributed by atoms with Crippen LogP contribution in [0.2, 0.25) is 0 Å². The molecular weight excluding hydrogens is 535 g/mol. The molecule has 0 saturated heterocycles. The van der Waals surface area contributed by atoms with Gasteiger partial charge in [-0.3, -0.25) is 9.78 Å². The summed E-state index contributed by atoms with van der Waals surface area (Å²) >= 11 is 3.12. The number of aromatic nitrogens is 1. The van der Waals surface area contributed by atoms with Crippen molar-refractivity contribution in [2.45, 2.75) is 38.5 Å². The number of carboxylic acids is 1. The molecule has 6 nitrogen and oxygen atoms in total. The summed E-state index contributed by atoms with van der Waals surface area (Å²) < 4.78 is 6.43. The van der Waals surface area contributed by atoms with E-state index in [0.29, 0.717) is 24.3 Å². The molecule has 0 bridgehead atoms. The van der Waals surface area contributed by atoms with E-state index in [1.165, 1.54) is 5.56 Å². The normalized spacial score (nSPS) is 12.2. The van der Waals surface area contributed by atoms with Crippen molar-refractivity contribution in [2.75, 3.05) is 12.0 Å². The Morgan fingerprint density at radius 1 is 1.05 bits per heavy atom. The molecule has 1 amide bonds. The molecule has 1 aromatic heterocycles. The van der Waals surface area contributed by atoms with Crippen LogP contribution in [0.1, 0.15) is 45.9 Å². The Morgan fingerprint density at radius 3 is 2.48 bits per heavy atom. The van der Waals surface area contributed by atoms with Crippen molar-refractivity contribution < 1.29 is 39.7 Å². The predicted octanol–water partition coefficient (Wildman–Crippen LogP) is 3.67. The van der Waals surface area contributed by atoms with Gasteiger partial charge in [0.25, 0.3) is 5.91 Å². The van der Waals surface area contributed by atoms with Crippen LogP contribution in [0.15, 0.2) is 84.5 Å². The third kappa shape index (κ3) is 8.57. The second-order valence-electron chi connectivity index (χ2n) is 9.23. The number of carbonyl (C=O) groups is 2. The van der Waals surface area contributed by atoms with Gasteiger partial charge in [0.15, 0.2) is 0 Å². The number of thiazole rings is 1. The Labute approximate surface area is 257 Å². The minimum Gasteiger partial charge on any atom is -1.00 e. The van der Waals surface area contributed by atoms with E-state index in [1.54, 1.807) is 29.2 Å². The van der Waals surface area contributed by atoms with Crippen molar-refractivity contribution in [1.82, 2.24) is 10.3 Å². The number of aliphatic carboxylic acids is 1. The van der Waals surface area contributed by atoms with Gasteiger partial charge in [-0.15, -0.1) is 11.3 Å². The molecule has 3 aromatic carbocycles. The van der Waals surface area contributed by atoms with E-state index in [0.717, 1.165) is 33.6 Å². The molecule has 2 unspecified atom stereocenters. The largest absolute Gasteiger partial charge is 1.00 e. The SMILES string of the molecule is CSCCC(NC(=O)c1ccc(COC(Cc2ccccc2)c2cncs2)cc1-c1ccccc1C)C(=O)O.[H-].[Li+]. The van der Waals surface area contributed by atoms with Gasteiger partial charge in [0, 0.05) is 18.2 Å². The Kier molecular flexibility index (Phi) is 12.5. The minimum atomic E-state index is -1.03. The van der Waals surface area contributed by atoms with Crippen molar-refractivity contribution in [3.05, 3.63) is 112 Å². The zero-order valence-electron chi connectivity index (χ0n) is 24.0. The number of hydrogen-bond acceptors (Lipinski definition) is 6. The fourth-order valence-corrected chi connectivity index (χ4v) is 5.50. The van der Waals surface area contributed by atoms with Gasteiger partial charge in [0.1, 0.15) is 6.04 Å². The summed E-state index contributed by atoms with van der Waals surface area (Å²) in [6.07, 6.45) is 4.68. The third-order valence-electron chi connectivity index (χ3n) is 6.46. The number of benzene rings is 3. The average Bonchev–Trinajstić information content (AvgIpc) is 3.49. The summed E-state index contributed by atoms with van der Waals surface area (Å²) in [5.41, 5.74) is 7.04. The van der Waals surface area contributed by atoms with Gasteiger partial charge >= 0.3 is 24.8 Å². The van der Waals surface area contributed by atoms with Crippen LogP contribution in [0.3, 0.4) is 0 Å². The van der Waals surface area contributed by atoms with E-state index in [9.17, 15) is 14.7 Å². The van der Waals surface area contributed by atoms with Gasteiger partial charge in [0.2, 0.25) is 0 Å². The summed E-state index contributed by atoms with van der Waals surface area (Å²) in [5.74, 6) is -0.796. The first-order valence-electron chi connectivity index (χ1n) is 12.7. The number of rotatable bonds is 13. The predicted molar refractivity (Wildman–Crippen MR) is 159 cm³/mol. The zero-order valence-corrected chi connectivity index (χ0v) is 24.6. The molecule has 2 atom stereocenters. The van der Waals surface area contributed by atoms with E-state index >= 15 is 0 Å². The van der Waals surface area contributed by atoms with Crippen LogP contribution in [0.25, 0.3) is 11.1 Å². The average molecular weight is 569 g/mol. The zero-order chi connectivity index (χ0) is 27.6. The van der Waals surface area contributed by atoms with Crippen LogP contribution in [0, 0.1) is 6.92 Å². The number of ether oxygens (including phenoxy) is 1. The monoisotopic (exact) mass is 568 g/mol. The van der Waals surface area contributed by atoms with Crippen LogP contribution in [-0.2, 0) is 22.6 Å². The number of nitrogens with one attached hydrogen (secondary N) is 1. The molecule has 1 heterocycles. The first-order chi connectivity index (χ1) is 19.0. The van der Waals surface area contributed by atoms with Gasteiger partial charge in [-0.1, -0.05) is 60.7 Å². The number of nitrogens with zero attached hydrogens (tertiary/aromatic N) is 1. The van der Waals surface area contributed by atoms with Crippen LogP contribution in [0.4, 0.5) is 0 Å². The molecule has 0 fully saturated rings. The van der Waals surface area contributed by atoms with Gasteiger partial charge in [-0.05, 0) is 65.3 Å². The van der Waals surface area contributed by atoms with Crippen LogP contribution >= 0.6 is 23.1 Å². The first kappa shape index (κ1) is 31.7. The summed E-state index contributed by atoms with van der Waals surface area (Å²) in [6, 6.07) is 22.7. The molecule has 0 saturated carbocycles. The molecule has 2 N–H and O–H groups in total. The molecule has 0 aliphatic carbocycles. The molecule has 0 spiro atoms. The van der Waals surface area contributed by atoms with E-state index < -0.39 is 17.9 Å². The number of aryl methyl sites for hydroxylation is 1. The van der Waals surface area contributed by atoms with Crippen LogP contribution in [-0.4, -0.2) is 40.0 Å². The Bertz CT molecular complexity index is 1390.